The van der Waals surface area contributed by atoms with Gasteiger partial charge in [0.2, 0.25) is 0 Å². The van der Waals surface area contributed by atoms with Gasteiger partial charge in [-0.2, -0.15) is 13.2 Å². The summed E-state index contributed by atoms with van der Waals surface area (Å²) in [6.07, 6.45) is -3.60. The highest BCUT2D eigenvalue weighted by molar-refractivity contribution is 5.92. The van der Waals surface area contributed by atoms with Crippen molar-refractivity contribution in [3.8, 4) is 5.69 Å². The molecular weight excluding hydrogens is 329 g/mol. The number of aromatic nitrogens is 3. The molecule has 1 unspecified atom stereocenters. The van der Waals surface area contributed by atoms with Crippen LogP contribution in [-0.2, 0) is 11.0 Å². The van der Waals surface area contributed by atoms with E-state index in [1.165, 1.54) is 19.1 Å². The van der Waals surface area contributed by atoms with E-state index in [9.17, 15) is 22.8 Å². The molecule has 1 aromatic heterocycles. The standard InChI is InChI=1S/C14H13F3N4O3/c1-8(5-12(22)23)18-13(24)11-7-21(20-19-11)10-4-2-3-9(6-10)14(15,16)17/h2-4,6-8H,5H2,1H3,(H,18,24)(H,22,23). The van der Waals surface area contributed by atoms with Crippen LogP contribution in [-0.4, -0.2) is 38.0 Å². The van der Waals surface area contributed by atoms with Gasteiger partial charge in [0.15, 0.2) is 5.69 Å². The van der Waals surface area contributed by atoms with Crippen LogP contribution in [0.4, 0.5) is 13.2 Å². The third-order valence-electron chi connectivity index (χ3n) is 3.02. The Kier molecular flexibility index (Phi) is 4.86. The third-order valence-corrected chi connectivity index (χ3v) is 3.02. The summed E-state index contributed by atoms with van der Waals surface area (Å²) >= 11 is 0. The van der Waals surface area contributed by atoms with Gasteiger partial charge in [-0.15, -0.1) is 5.10 Å². The molecule has 1 amide bonds. The summed E-state index contributed by atoms with van der Waals surface area (Å²) in [4.78, 5) is 22.5. The molecule has 7 nitrogen and oxygen atoms in total. The second-order valence-corrected chi connectivity index (χ2v) is 5.07. The first-order valence-corrected chi connectivity index (χ1v) is 6.79. The molecule has 1 heterocycles. The second-order valence-electron chi connectivity index (χ2n) is 5.07. The molecule has 0 fully saturated rings. The van der Waals surface area contributed by atoms with Crippen molar-refractivity contribution in [2.75, 3.05) is 0 Å². The van der Waals surface area contributed by atoms with Gasteiger partial charge in [0, 0.05) is 6.04 Å². The highest BCUT2D eigenvalue weighted by Crippen LogP contribution is 2.30. The Morgan fingerprint density at radius 2 is 2.08 bits per heavy atom. The molecule has 10 heteroatoms. The number of carboxylic acid groups (broad SMARTS) is 1. The van der Waals surface area contributed by atoms with Crippen molar-refractivity contribution in [3.05, 3.63) is 41.7 Å². The zero-order valence-corrected chi connectivity index (χ0v) is 12.4. The summed E-state index contributed by atoms with van der Waals surface area (Å²) in [7, 11) is 0. The summed E-state index contributed by atoms with van der Waals surface area (Å²) in [5.41, 5.74) is -0.892. The van der Waals surface area contributed by atoms with E-state index >= 15 is 0 Å². The number of carboxylic acids is 1. The molecule has 2 aromatic rings. The molecular formula is C14H13F3N4O3. The summed E-state index contributed by atoms with van der Waals surface area (Å²) in [6, 6.07) is 3.77. The van der Waals surface area contributed by atoms with Gasteiger partial charge in [-0.3, -0.25) is 9.59 Å². The van der Waals surface area contributed by atoms with Crippen molar-refractivity contribution in [2.45, 2.75) is 25.6 Å². The summed E-state index contributed by atoms with van der Waals surface area (Å²) < 4.78 is 39.2. The van der Waals surface area contributed by atoms with E-state index in [0.717, 1.165) is 23.0 Å². The first-order valence-electron chi connectivity index (χ1n) is 6.79. The highest BCUT2D eigenvalue weighted by Gasteiger charge is 2.30. The number of alkyl halides is 3. The molecule has 0 aliphatic rings. The Hall–Kier alpha value is -2.91. The van der Waals surface area contributed by atoms with Gasteiger partial charge in [0.05, 0.1) is 23.9 Å². The molecule has 0 aliphatic carbocycles. The fourth-order valence-corrected chi connectivity index (χ4v) is 1.93. The van der Waals surface area contributed by atoms with E-state index in [4.69, 9.17) is 5.11 Å². The first kappa shape index (κ1) is 17.4. The number of nitrogens with one attached hydrogen (secondary N) is 1. The zero-order valence-electron chi connectivity index (χ0n) is 12.4. The van der Waals surface area contributed by atoms with Crippen LogP contribution in [0, 0.1) is 0 Å². The number of carbonyl (C=O) groups excluding carboxylic acids is 1. The van der Waals surface area contributed by atoms with Crippen LogP contribution in [0.25, 0.3) is 5.69 Å². The molecule has 0 saturated heterocycles. The van der Waals surface area contributed by atoms with E-state index < -0.39 is 29.7 Å². The topological polar surface area (TPSA) is 97.1 Å². The molecule has 24 heavy (non-hydrogen) atoms. The van der Waals surface area contributed by atoms with Crippen LogP contribution in [0.2, 0.25) is 0 Å². The predicted octanol–water partition coefficient (Wildman–Crippen LogP) is 1.88. The molecule has 0 saturated carbocycles. The number of aliphatic carboxylic acids is 1. The Morgan fingerprint density at radius 3 is 2.71 bits per heavy atom. The first-order chi connectivity index (χ1) is 11.2. The minimum absolute atomic E-state index is 0.0926. The van der Waals surface area contributed by atoms with Gasteiger partial charge in [0.25, 0.3) is 5.91 Å². The number of rotatable bonds is 5. The van der Waals surface area contributed by atoms with Crippen molar-refractivity contribution in [1.29, 1.82) is 0 Å². The van der Waals surface area contributed by atoms with Crippen molar-refractivity contribution in [1.82, 2.24) is 20.3 Å². The van der Waals surface area contributed by atoms with E-state index in [1.54, 1.807) is 0 Å². The number of halogens is 3. The molecule has 2 rings (SSSR count). The molecule has 128 valence electrons. The lowest BCUT2D eigenvalue weighted by Crippen LogP contribution is -2.34. The molecule has 0 bridgehead atoms. The number of carbonyl (C=O) groups is 2. The van der Waals surface area contributed by atoms with Gasteiger partial charge in [0.1, 0.15) is 0 Å². The molecule has 2 N–H and O–H groups in total. The van der Waals surface area contributed by atoms with Crippen LogP contribution in [0.1, 0.15) is 29.4 Å². The lowest BCUT2D eigenvalue weighted by Gasteiger charge is -2.09. The van der Waals surface area contributed by atoms with E-state index in [2.05, 4.69) is 15.6 Å². The van der Waals surface area contributed by atoms with Crippen molar-refractivity contribution >= 4 is 11.9 Å². The Balaban J connectivity index is 2.16. The molecule has 1 atom stereocenters. The summed E-state index contributed by atoms with van der Waals surface area (Å²) in [6.45, 7) is 1.50. The smallest absolute Gasteiger partial charge is 0.416 e. The van der Waals surface area contributed by atoms with Gasteiger partial charge >= 0.3 is 12.1 Å². The van der Waals surface area contributed by atoms with Crippen molar-refractivity contribution in [3.63, 3.8) is 0 Å². The molecule has 0 aliphatic heterocycles. The fourth-order valence-electron chi connectivity index (χ4n) is 1.93. The average Bonchev–Trinajstić information content (AvgIpc) is 2.95. The third kappa shape index (κ3) is 4.31. The monoisotopic (exact) mass is 342 g/mol. The van der Waals surface area contributed by atoms with Crippen LogP contribution in [0.15, 0.2) is 30.5 Å². The van der Waals surface area contributed by atoms with Crippen LogP contribution < -0.4 is 5.32 Å². The number of nitrogens with zero attached hydrogens (tertiary/aromatic N) is 3. The Labute approximate surface area is 134 Å². The average molecular weight is 342 g/mol. The van der Waals surface area contributed by atoms with Crippen molar-refractivity contribution < 1.29 is 27.9 Å². The highest BCUT2D eigenvalue weighted by atomic mass is 19.4. The Morgan fingerprint density at radius 1 is 1.38 bits per heavy atom. The van der Waals surface area contributed by atoms with E-state index in [1.807, 2.05) is 0 Å². The lowest BCUT2D eigenvalue weighted by molar-refractivity contribution is -0.138. The zero-order chi connectivity index (χ0) is 17.9. The Bertz CT molecular complexity index is 758. The van der Waals surface area contributed by atoms with Crippen LogP contribution >= 0.6 is 0 Å². The maximum atomic E-state index is 12.7. The minimum Gasteiger partial charge on any atom is -0.481 e. The maximum Gasteiger partial charge on any atom is 0.416 e. The largest absolute Gasteiger partial charge is 0.481 e. The van der Waals surface area contributed by atoms with Gasteiger partial charge in [-0.1, -0.05) is 11.3 Å². The van der Waals surface area contributed by atoms with Crippen LogP contribution in [0.5, 0.6) is 0 Å². The quantitative estimate of drug-likeness (QED) is 0.865. The fraction of sp³-hybridized carbons (Fsp3) is 0.286. The van der Waals surface area contributed by atoms with E-state index in [0.29, 0.717) is 0 Å². The second kappa shape index (κ2) is 6.69. The number of hydrogen-bond donors (Lipinski definition) is 2. The molecule has 0 radical (unpaired) electrons. The van der Waals surface area contributed by atoms with Gasteiger partial charge in [-0.05, 0) is 25.1 Å². The number of amides is 1. The van der Waals surface area contributed by atoms with Crippen molar-refractivity contribution in [2.24, 2.45) is 0 Å². The van der Waals surface area contributed by atoms with E-state index in [-0.39, 0.29) is 17.8 Å². The number of benzene rings is 1. The number of hydrogen-bond acceptors (Lipinski definition) is 4. The summed E-state index contributed by atoms with van der Waals surface area (Å²) in [5, 5.41) is 18.3. The maximum absolute atomic E-state index is 12.7. The minimum atomic E-state index is -4.50. The molecule has 0 spiro atoms. The normalized spacial score (nSPS) is 12.7. The molecule has 1 aromatic carbocycles. The van der Waals surface area contributed by atoms with Gasteiger partial charge in [-0.25, -0.2) is 4.68 Å². The van der Waals surface area contributed by atoms with Gasteiger partial charge < -0.3 is 10.4 Å². The van der Waals surface area contributed by atoms with Crippen LogP contribution in [0.3, 0.4) is 0 Å². The summed E-state index contributed by atoms with van der Waals surface area (Å²) in [5.74, 6) is -1.74. The predicted molar refractivity (Wildman–Crippen MR) is 75.5 cm³/mol. The SMILES string of the molecule is CC(CC(=O)O)NC(=O)c1cn(-c2cccc(C(F)(F)F)c2)nn1. The lowest BCUT2D eigenvalue weighted by atomic mass is 10.2.